The maximum absolute atomic E-state index is 12.3. The molecule has 1 aliphatic rings. The smallest absolute Gasteiger partial charge is 0.230 e. The zero-order chi connectivity index (χ0) is 21.8. The van der Waals surface area contributed by atoms with E-state index in [1.807, 2.05) is 30.3 Å². The molecule has 0 saturated carbocycles. The molecule has 9 heteroatoms. The number of aromatic nitrogens is 4. The first-order chi connectivity index (χ1) is 15.8. The van der Waals surface area contributed by atoms with Gasteiger partial charge in [0.1, 0.15) is 5.76 Å². The highest BCUT2D eigenvalue weighted by molar-refractivity contribution is 7.99. The second-order valence-electron chi connectivity index (χ2n) is 7.97. The molecule has 4 aromatic rings. The number of nitrogens with one attached hydrogen (secondary N) is 1. The lowest BCUT2D eigenvalue weighted by molar-refractivity contribution is -0.118. The van der Waals surface area contributed by atoms with E-state index in [4.69, 9.17) is 19.5 Å². The van der Waals surface area contributed by atoms with Crippen molar-refractivity contribution in [2.24, 2.45) is 0 Å². The van der Waals surface area contributed by atoms with Crippen molar-refractivity contribution < 1.29 is 9.21 Å². The molecule has 1 aliphatic heterocycles. The molecule has 0 aliphatic carbocycles. The predicted molar refractivity (Wildman–Crippen MR) is 124 cm³/mol. The number of hydrogen-bond acceptors (Lipinski definition) is 7. The Labute approximate surface area is 190 Å². The number of piperidine rings is 1. The molecule has 0 atom stereocenters. The summed E-state index contributed by atoms with van der Waals surface area (Å²) in [6.07, 6.45) is 6.28. The molecule has 8 nitrogen and oxygen atoms in total. The van der Waals surface area contributed by atoms with Crippen molar-refractivity contribution >= 4 is 34.2 Å². The summed E-state index contributed by atoms with van der Waals surface area (Å²) < 4.78 is 7.05. The van der Waals surface area contributed by atoms with Crippen LogP contribution in [0.5, 0.6) is 0 Å². The number of hydrogen-bond donors (Lipinski definition) is 1. The number of para-hydroxylation sites is 1. The van der Waals surface area contributed by atoms with Crippen LogP contribution in [0.4, 0.5) is 0 Å². The lowest BCUT2D eigenvalue weighted by atomic mass is 10.1. The van der Waals surface area contributed by atoms with Crippen LogP contribution >= 0.6 is 11.8 Å². The Morgan fingerprint density at radius 2 is 1.97 bits per heavy atom. The molecular weight excluding hydrogens is 424 g/mol. The topological polar surface area (TPSA) is 88.6 Å². The third-order valence-electron chi connectivity index (χ3n) is 5.67. The number of thioether (sulfide) groups is 1. The molecule has 1 N–H and O–H groups in total. The Morgan fingerprint density at radius 3 is 2.81 bits per heavy atom. The van der Waals surface area contributed by atoms with Crippen LogP contribution in [0, 0.1) is 0 Å². The van der Waals surface area contributed by atoms with Gasteiger partial charge in [-0.3, -0.25) is 4.79 Å². The van der Waals surface area contributed by atoms with E-state index in [-0.39, 0.29) is 11.7 Å². The monoisotopic (exact) mass is 450 g/mol. The van der Waals surface area contributed by atoms with Gasteiger partial charge in [-0.05, 0) is 50.2 Å². The molecule has 1 saturated heterocycles. The first-order valence-corrected chi connectivity index (χ1v) is 12.0. The third-order valence-corrected chi connectivity index (χ3v) is 6.59. The van der Waals surface area contributed by atoms with E-state index in [9.17, 15) is 4.79 Å². The highest BCUT2D eigenvalue weighted by atomic mass is 32.2. The van der Waals surface area contributed by atoms with Gasteiger partial charge in [-0.2, -0.15) is 4.52 Å². The fourth-order valence-corrected chi connectivity index (χ4v) is 4.77. The molecule has 0 unspecified atom stereocenters. The van der Waals surface area contributed by atoms with Crippen LogP contribution in [0.15, 0.2) is 52.2 Å². The molecule has 0 radical (unpaired) electrons. The van der Waals surface area contributed by atoms with Crippen LogP contribution in [0.25, 0.3) is 16.6 Å². The van der Waals surface area contributed by atoms with E-state index >= 15 is 0 Å². The number of likely N-dealkylation sites (tertiary alicyclic amines) is 1. The summed E-state index contributed by atoms with van der Waals surface area (Å²) in [5, 5.41) is 9.27. The van der Waals surface area contributed by atoms with Gasteiger partial charge in [-0.15, -0.1) is 5.10 Å². The molecule has 166 valence electrons. The minimum absolute atomic E-state index is 0.0834. The second kappa shape index (κ2) is 9.70. The van der Waals surface area contributed by atoms with Gasteiger partial charge in [0.25, 0.3) is 0 Å². The normalized spacial score (nSPS) is 14.9. The number of rotatable bonds is 8. The minimum Gasteiger partial charge on any atom is -0.467 e. The average molecular weight is 451 g/mol. The summed E-state index contributed by atoms with van der Waals surface area (Å²) in [5.74, 6) is 1.70. The van der Waals surface area contributed by atoms with Gasteiger partial charge in [0.2, 0.25) is 5.91 Å². The van der Waals surface area contributed by atoms with Crippen LogP contribution in [-0.4, -0.2) is 55.8 Å². The Balaban J connectivity index is 1.33. The van der Waals surface area contributed by atoms with Crippen LogP contribution in [0.3, 0.4) is 0 Å². The summed E-state index contributed by atoms with van der Waals surface area (Å²) >= 11 is 1.37. The van der Waals surface area contributed by atoms with E-state index in [0.29, 0.717) is 11.7 Å². The number of benzene rings is 1. The Hall–Kier alpha value is -2.91. The lowest BCUT2D eigenvalue weighted by Crippen LogP contribution is -2.31. The number of amides is 1. The molecule has 3 aromatic heterocycles. The maximum atomic E-state index is 12.3. The molecule has 4 heterocycles. The highest BCUT2D eigenvalue weighted by Crippen LogP contribution is 2.24. The molecule has 1 fully saturated rings. The van der Waals surface area contributed by atoms with Crippen molar-refractivity contribution in [1.29, 1.82) is 0 Å². The first kappa shape index (κ1) is 21.0. The van der Waals surface area contributed by atoms with E-state index < -0.39 is 0 Å². The van der Waals surface area contributed by atoms with Crippen LogP contribution in [0.2, 0.25) is 0 Å². The standard InChI is InChI=1S/C23H26N6O2S/c30-21(24-15-17-7-6-14-31-17)16-32-23-25-19-9-3-2-8-18(19)22-26-20(27-29(22)23)10-13-28-11-4-1-5-12-28/h2-3,6-9,14H,1,4-5,10-13,15-16H2,(H,24,30). The summed E-state index contributed by atoms with van der Waals surface area (Å²) in [6, 6.07) is 11.6. The molecule has 1 amide bonds. The fourth-order valence-electron chi connectivity index (χ4n) is 3.99. The molecular formula is C23H26N6O2S. The fraction of sp³-hybridized carbons (Fsp3) is 0.391. The summed E-state index contributed by atoms with van der Waals surface area (Å²) in [5.41, 5.74) is 1.65. The van der Waals surface area contributed by atoms with E-state index in [2.05, 4.69) is 10.2 Å². The Morgan fingerprint density at radius 1 is 1.09 bits per heavy atom. The van der Waals surface area contributed by atoms with Gasteiger partial charge in [0.15, 0.2) is 16.6 Å². The number of carbonyl (C=O) groups excluding carboxylic acids is 1. The second-order valence-corrected chi connectivity index (χ2v) is 8.91. The van der Waals surface area contributed by atoms with Gasteiger partial charge in [0, 0.05) is 18.4 Å². The lowest BCUT2D eigenvalue weighted by Gasteiger charge is -2.25. The van der Waals surface area contributed by atoms with Gasteiger partial charge in [0.05, 0.1) is 24.1 Å². The largest absolute Gasteiger partial charge is 0.467 e. The van der Waals surface area contributed by atoms with Crippen molar-refractivity contribution in [2.75, 3.05) is 25.4 Å². The van der Waals surface area contributed by atoms with Gasteiger partial charge < -0.3 is 14.6 Å². The van der Waals surface area contributed by atoms with Gasteiger partial charge in [-0.1, -0.05) is 30.3 Å². The van der Waals surface area contributed by atoms with Crippen molar-refractivity contribution in [3.05, 3.63) is 54.2 Å². The van der Waals surface area contributed by atoms with E-state index in [0.717, 1.165) is 54.2 Å². The molecule has 0 bridgehead atoms. The Kier molecular flexibility index (Phi) is 6.36. The number of nitrogens with zero attached hydrogens (tertiary/aromatic N) is 5. The predicted octanol–water partition coefficient (Wildman–Crippen LogP) is 3.31. The van der Waals surface area contributed by atoms with Gasteiger partial charge >= 0.3 is 0 Å². The SMILES string of the molecule is O=C(CSc1nc2ccccc2c2nc(CCN3CCCCC3)nn12)NCc1ccco1. The summed E-state index contributed by atoms with van der Waals surface area (Å²) in [4.78, 5) is 24.4. The van der Waals surface area contributed by atoms with Crippen LogP contribution < -0.4 is 5.32 Å². The molecule has 32 heavy (non-hydrogen) atoms. The van der Waals surface area contributed by atoms with Crippen molar-refractivity contribution in [3.8, 4) is 0 Å². The zero-order valence-corrected chi connectivity index (χ0v) is 18.7. The number of fused-ring (bicyclic) bond motifs is 3. The summed E-state index contributed by atoms with van der Waals surface area (Å²) in [6.45, 7) is 3.66. The molecule has 5 rings (SSSR count). The molecule has 0 spiro atoms. The average Bonchev–Trinajstić information content (AvgIpc) is 3.51. The Bertz CT molecular complexity index is 1200. The zero-order valence-electron chi connectivity index (χ0n) is 17.9. The molecule has 1 aromatic carbocycles. The van der Waals surface area contributed by atoms with Crippen LogP contribution in [-0.2, 0) is 17.8 Å². The van der Waals surface area contributed by atoms with Crippen LogP contribution in [0.1, 0.15) is 30.8 Å². The first-order valence-electron chi connectivity index (χ1n) is 11.0. The van der Waals surface area contributed by atoms with E-state index in [1.54, 1.807) is 16.8 Å². The number of carbonyl (C=O) groups is 1. The quantitative estimate of drug-likeness (QED) is 0.325. The van der Waals surface area contributed by atoms with Crippen molar-refractivity contribution in [2.45, 2.75) is 37.4 Å². The minimum atomic E-state index is -0.0834. The van der Waals surface area contributed by atoms with Gasteiger partial charge in [-0.25, -0.2) is 9.97 Å². The van der Waals surface area contributed by atoms with E-state index in [1.165, 1.54) is 31.0 Å². The maximum Gasteiger partial charge on any atom is 0.230 e. The van der Waals surface area contributed by atoms with Crippen molar-refractivity contribution in [1.82, 2.24) is 29.8 Å². The third kappa shape index (κ3) is 4.78. The number of furan rings is 1. The highest BCUT2D eigenvalue weighted by Gasteiger charge is 2.16. The summed E-state index contributed by atoms with van der Waals surface area (Å²) in [7, 11) is 0. The van der Waals surface area contributed by atoms with Crippen molar-refractivity contribution in [3.63, 3.8) is 0 Å².